The molecular formula is C20H12F3NO3. The second-order valence-corrected chi connectivity index (χ2v) is 6.18. The summed E-state index contributed by atoms with van der Waals surface area (Å²) in [6, 6.07) is 9.61. The third kappa shape index (κ3) is 2.94. The van der Waals surface area contributed by atoms with Gasteiger partial charge in [-0.05, 0) is 36.4 Å². The van der Waals surface area contributed by atoms with Gasteiger partial charge in [-0.3, -0.25) is 0 Å². The molecule has 1 aliphatic carbocycles. The highest BCUT2D eigenvalue weighted by Crippen LogP contribution is 2.51. The Bertz CT molecular complexity index is 1060. The van der Waals surface area contributed by atoms with Gasteiger partial charge in [-0.2, -0.15) is 0 Å². The molecule has 0 aliphatic heterocycles. The predicted octanol–water partition coefficient (Wildman–Crippen LogP) is 5.65. The van der Waals surface area contributed by atoms with Crippen LogP contribution in [0.25, 0.3) is 16.2 Å². The van der Waals surface area contributed by atoms with Crippen LogP contribution in [-0.4, -0.2) is 11.0 Å². The standard InChI is InChI=1S/C20H12F3NO3/c1-24-12-7-11(21)8-13(9-12)27-17-5-4-14(16-3-2-6-26-16)18-15(17)10-20(22,23)19(18)25/h2-9,19,25H,10H2. The van der Waals surface area contributed by atoms with Gasteiger partial charge in [0.05, 0.1) is 12.8 Å². The minimum Gasteiger partial charge on any atom is -0.464 e. The summed E-state index contributed by atoms with van der Waals surface area (Å²) in [5.41, 5.74) is 0.511. The van der Waals surface area contributed by atoms with Crippen molar-refractivity contribution >= 4 is 5.69 Å². The molecule has 1 heterocycles. The molecule has 3 aromatic rings. The molecule has 1 aromatic heterocycles. The van der Waals surface area contributed by atoms with Crippen LogP contribution in [0.1, 0.15) is 17.2 Å². The Balaban J connectivity index is 1.83. The average Bonchev–Trinajstić information content (AvgIpc) is 3.23. The van der Waals surface area contributed by atoms with Crippen molar-refractivity contribution in [1.29, 1.82) is 0 Å². The van der Waals surface area contributed by atoms with Crippen LogP contribution in [0.3, 0.4) is 0 Å². The maximum absolute atomic E-state index is 14.2. The van der Waals surface area contributed by atoms with E-state index in [-0.39, 0.29) is 28.3 Å². The van der Waals surface area contributed by atoms with Gasteiger partial charge in [0, 0.05) is 29.2 Å². The monoisotopic (exact) mass is 371 g/mol. The number of halogens is 3. The summed E-state index contributed by atoms with van der Waals surface area (Å²) in [5, 5.41) is 10.2. The van der Waals surface area contributed by atoms with Crippen LogP contribution in [-0.2, 0) is 6.42 Å². The van der Waals surface area contributed by atoms with Crippen LogP contribution in [0.4, 0.5) is 18.9 Å². The lowest BCUT2D eigenvalue weighted by Crippen LogP contribution is -2.21. The minimum absolute atomic E-state index is 0.0126. The first-order chi connectivity index (χ1) is 12.9. The van der Waals surface area contributed by atoms with Gasteiger partial charge >= 0.3 is 0 Å². The van der Waals surface area contributed by atoms with Crippen LogP contribution in [0, 0.1) is 12.4 Å². The fourth-order valence-electron chi connectivity index (χ4n) is 3.22. The van der Waals surface area contributed by atoms with Crippen molar-refractivity contribution in [2.75, 3.05) is 0 Å². The molecule has 0 fully saturated rings. The Labute approximate surface area is 152 Å². The third-order valence-corrected chi connectivity index (χ3v) is 4.40. The molecule has 2 aromatic carbocycles. The Morgan fingerprint density at radius 2 is 2.04 bits per heavy atom. The SMILES string of the molecule is [C-]#[N+]c1cc(F)cc(Oc2ccc(-c3ccco3)c3c2CC(F)(F)C3O)c1. The van der Waals surface area contributed by atoms with Crippen molar-refractivity contribution in [2.24, 2.45) is 0 Å². The van der Waals surface area contributed by atoms with Crippen LogP contribution >= 0.6 is 0 Å². The Morgan fingerprint density at radius 3 is 2.74 bits per heavy atom. The second kappa shape index (κ2) is 6.18. The average molecular weight is 371 g/mol. The van der Waals surface area contributed by atoms with Gasteiger partial charge in [-0.25, -0.2) is 18.0 Å². The van der Waals surface area contributed by atoms with Gasteiger partial charge in [0.15, 0.2) is 5.69 Å². The van der Waals surface area contributed by atoms with E-state index in [0.29, 0.717) is 11.3 Å². The van der Waals surface area contributed by atoms with Crippen LogP contribution in [0.15, 0.2) is 53.1 Å². The van der Waals surface area contributed by atoms with E-state index in [9.17, 15) is 18.3 Å². The van der Waals surface area contributed by atoms with E-state index in [4.69, 9.17) is 15.7 Å². The Morgan fingerprint density at radius 1 is 1.22 bits per heavy atom. The molecule has 1 unspecified atom stereocenters. The topological polar surface area (TPSA) is 47.0 Å². The van der Waals surface area contributed by atoms with E-state index in [1.807, 2.05) is 0 Å². The van der Waals surface area contributed by atoms with Crippen LogP contribution in [0.5, 0.6) is 11.5 Å². The second-order valence-electron chi connectivity index (χ2n) is 6.18. The van der Waals surface area contributed by atoms with Crippen molar-refractivity contribution in [3.63, 3.8) is 0 Å². The molecule has 0 bridgehead atoms. The predicted molar refractivity (Wildman–Crippen MR) is 90.5 cm³/mol. The van der Waals surface area contributed by atoms with E-state index in [1.165, 1.54) is 24.5 Å². The summed E-state index contributed by atoms with van der Waals surface area (Å²) >= 11 is 0. The molecule has 4 rings (SSSR count). The zero-order chi connectivity index (χ0) is 19.2. The molecule has 0 saturated heterocycles. The first-order valence-electron chi connectivity index (χ1n) is 8.00. The zero-order valence-electron chi connectivity index (χ0n) is 13.7. The normalized spacial score (nSPS) is 17.4. The molecule has 0 spiro atoms. The first-order valence-corrected chi connectivity index (χ1v) is 8.00. The van der Waals surface area contributed by atoms with Crippen molar-refractivity contribution in [3.05, 3.63) is 77.1 Å². The summed E-state index contributed by atoms with van der Waals surface area (Å²) < 4.78 is 53.0. The number of rotatable bonds is 3. The fraction of sp³-hybridized carbons (Fsp3) is 0.150. The van der Waals surface area contributed by atoms with Gasteiger partial charge in [0.1, 0.15) is 29.2 Å². The Hall–Kier alpha value is -3.24. The van der Waals surface area contributed by atoms with Crippen molar-refractivity contribution in [1.82, 2.24) is 0 Å². The summed E-state index contributed by atoms with van der Waals surface area (Å²) in [6.45, 7) is 6.99. The van der Waals surface area contributed by atoms with E-state index in [1.54, 1.807) is 12.1 Å². The highest BCUT2D eigenvalue weighted by atomic mass is 19.3. The van der Waals surface area contributed by atoms with Gasteiger partial charge in [0.25, 0.3) is 5.92 Å². The molecule has 136 valence electrons. The summed E-state index contributed by atoms with van der Waals surface area (Å²) in [5.74, 6) is -3.62. The maximum Gasteiger partial charge on any atom is 0.281 e. The lowest BCUT2D eigenvalue weighted by Gasteiger charge is -2.15. The van der Waals surface area contributed by atoms with E-state index < -0.39 is 24.3 Å². The third-order valence-electron chi connectivity index (χ3n) is 4.40. The van der Waals surface area contributed by atoms with Crippen LogP contribution in [0.2, 0.25) is 0 Å². The quantitative estimate of drug-likeness (QED) is 0.605. The van der Waals surface area contributed by atoms with Gasteiger partial charge < -0.3 is 14.3 Å². The van der Waals surface area contributed by atoms with E-state index >= 15 is 0 Å². The van der Waals surface area contributed by atoms with E-state index in [0.717, 1.165) is 12.1 Å². The number of benzene rings is 2. The largest absolute Gasteiger partial charge is 0.464 e. The number of alkyl halides is 2. The van der Waals surface area contributed by atoms with Gasteiger partial charge in [-0.15, -0.1) is 0 Å². The highest BCUT2D eigenvalue weighted by molar-refractivity contribution is 5.69. The Kier molecular flexibility index (Phi) is 3.93. The van der Waals surface area contributed by atoms with Gasteiger partial charge in [0.2, 0.25) is 0 Å². The molecule has 4 nitrogen and oxygen atoms in total. The highest BCUT2D eigenvalue weighted by Gasteiger charge is 2.49. The van der Waals surface area contributed by atoms with Crippen molar-refractivity contribution in [2.45, 2.75) is 18.4 Å². The summed E-state index contributed by atoms with van der Waals surface area (Å²) in [7, 11) is 0. The molecule has 27 heavy (non-hydrogen) atoms. The van der Waals surface area contributed by atoms with Crippen LogP contribution < -0.4 is 4.74 Å². The van der Waals surface area contributed by atoms with Crippen molar-refractivity contribution in [3.8, 4) is 22.8 Å². The number of aliphatic hydroxyl groups is 1. The lowest BCUT2D eigenvalue weighted by molar-refractivity contribution is -0.0967. The summed E-state index contributed by atoms with van der Waals surface area (Å²) in [4.78, 5) is 3.15. The molecule has 0 radical (unpaired) electrons. The van der Waals surface area contributed by atoms with Crippen molar-refractivity contribution < 1.29 is 27.4 Å². The summed E-state index contributed by atoms with van der Waals surface area (Å²) in [6.07, 6.45) is -1.33. The van der Waals surface area contributed by atoms with E-state index in [2.05, 4.69) is 4.85 Å². The molecule has 0 amide bonds. The molecule has 1 aliphatic rings. The fourth-order valence-corrected chi connectivity index (χ4v) is 3.22. The number of hydrogen-bond acceptors (Lipinski definition) is 3. The number of fused-ring (bicyclic) bond motifs is 1. The number of ether oxygens (including phenoxy) is 1. The van der Waals surface area contributed by atoms with Gasteiger partial charge in [-0.1, -0.05) is 0 Å². The minimum atomic E-state index is -3.37. The molecule has 7 heteroatoms. The number of furan rings is 1. The molecule has 1 N–H and O–H groups in total. The lowest BCUT2D eigenvalue weighted by atomic mass is 9.99. The number of hydrogen-bond donors (Lipinski definition) is 1. The molecule has 0 saturated carbocycles. The maximum atomic E-state index is 14.2. The molecular weight excluding hydrogens is 359 g/mol. The first kappa shape index (κ1) is 17.2. The smallest absolute Gasteiger partial charge is 0.281 e. The number of aliphatic hydroxyl groups excluding tert-OH is 1. The molecule has 1 atom stereocenters. The zero-order valence-corrected chi connectivity index (χ0v) is 13.7. The number of nitrogens with zero attached hydrogens (tertiary/aromatic N) is 1.